The molecule has 7 heteroatoms. The average molecular weight is 253 g/mol. The molecule has 0 unspecified atom stereocenters. The van der Waals surface area contributed by atoms with Crippen LogP contribution in [0.4, 0.5) is 0 Å². The Hall–Kier alpha value is -2.57. The third-order valence-corrected chi connectivity index (χ3v) is 1.72. The fourth-order valence-corrected chi connectivity index (χ4v) is 1.09. The molecule has 18 heavy (non-hydrogen) atoms. The highest BCUT2D eigenvalue weighted by Gasteiger charge is 2.06. The molecular formula is C11H9O7. The molecule has 95 valence electrons. The van der Waals surface area contributed by atoms with E-state index in [2.05, 4.69) is 0 Å². The fraction of sp³-hybridized carbons (Fsp3) is 0.182. The van der Waals surface area contributed by atoms with Gasteiger partial charge in [-0.1, -0.05) is 0 Å². The first-order chi connectivity index (χ1) is 8.51. The third kappa shape index (κ3) is 4.52. The zero-order chi connectivity index (χ0) is 13.5. The number of carboxylic acid groups (broad SMARTS) is 2. The molecule has 0 aromatic heterocycles. The van der Waals surface area contributed by atoms with Crippen LogP contribution in [-0.2, 0) is 14.4 Å². The molecule has 1 rings (SSSR count). The topological polar surface area (TPSA) is 110 Å². The van der Waals surface area contributed by atoms with Crippen molar-refractivity contribution >= 4 is 18.2 Å². The van der Waals surface area contributed by atoms with Gasteiger partial charge in [0, 0.05) is 11.6 Å². The number of hydrogen-bond donors (Lipinski definition) is 2. The van der Waals surface area contributed by atoms with Gasteiger partial charge in [-0.2, -0.15) is 0 Å². The Labute approximate surface area is 102 Å². The van der Waals surface area contributed by atoms with E-state index in [-0.39, 0.29) is 17.1 Å². The van der Waals surface area contributed by atoms with Crippen molar-refractivity contribution in [1.82, 2.24) is 0 Å². The minimum atomic E-state index is -1.18. The average Bonchev–Trinajstić information content (AvgIpc) is 2.33. The molecule has 0 saturated carbocycles. The summed E-state index contributed by atoms with van der Waals surface area (Å²) in [5, 5.41) is 16.9. The van der Waals surface area contributed by atoms with Crippen LogP contribution < -0.4 is 9.47 Å². The summed E-state index contributed by atoms with van der Waals surface area (Å²) in [4.78, 5) is 31.1. The summed E-state index contributed by atoms with van der Waals surface area (Å²) in [6, 6.07) is 3.82. The van der Waals surface area contributed by atoms with E-state index in [4.69, 9.17) is 19.7 Å². The standard InChI is InChI=1S/C11H9O7/c12-4-7-1-8(17-5-10(13)14)3-9(2-7)18-6-11(15)16/h1-3H,5-6H2,(H,13,14)(H,15,16). The smallest absolute Gasteiger partial charge is 0.341 e. The summed E-state index contributed by atoms with van der Waals surface area (Å²) >= 11 is 0. The van der Waals surface area contributed by atoms with Gasteiger partial charge in [0.25, 0.3) is 0 Å². The summed E-state index contributed by atoms with van der Waals surface area (Å²) in [6.07, 6.45) is 1.58. The van der Waals surface area contributed by atoms with Gasteiger partial charge in [-0.25, -0.2) is 9.59 Å². The van der Waals surface area contributed by atoms with Crippen molar-refractivity contribution in [1.29, 1.82) is 0 Å². The summed E-state index contributed by atoms with van der Waals surface area (Å²) in [5.74, 6) is -2.19. The molecule has 0 saturated heterocycles. The number of ether oxygens (including phenoxy) is 2. The van der Waals surface area contributed by atoms with Gasteiger partial charge in [-0.15, -0.1) is 0 Å². The van der Waals surface area contributed by atoms with Crippen molar-refractivity contribution in [3.8, 4) is 11.5 Å². The van der Waals surface area contributed by atoms with Gasteiger partial charge in [-0.3, -0.25) is 4.79 Å². The molecule has 0 aliphatic heterocycles. The van der Waals surface area contributed by atoms with Crippen LogP contribution in [0.1, 0.15) is 5.56 Å². The van der Waals surface area contributed by atoms with Crippen LogP contribution in [0.25, 0.3) is 0 Å². The van der Waals surface area contributed by atoms with E-state index in [9.17, 15) is 14.4 Å². The molecule has 2 N–H and O–H groups in total. The lowest BCUT2D eigenvalue weighted by Crippen LogP contribution is -2.11. The first-order valence-electron chi connectivity index (χ1n) is 4.73. The molecule has 1 aromatic rings. The van der Waals surface area contributed by atoms with Gasteiger partial charge in [0.1, 0.15) is 11.5 Å². The Morgan fingerprint density at radius 2 is 1.44 bits per heavy atom. The minimum absolute atomic E-state index is 0.0678. The molecule has 1 radical (unpaired) electrons. The van der Waals surface area contributed by atoms with Crippen molar-refractivity contribution in [3.63, 3.8) is 0 Å². The van der Waals surface area contributed by atoms with E-state index in [0.717, 1.165) is 0 Å². The maximum atomic E-state index is 10.5. The predicted molar refractivity (Wildman–Crippen MR) is 57.5 cm³/mol. The van der Waals surface area contributed by atoms with Gasteiger partial charge in [0.2, 0.25) is 6.29 Å². The quantitative estimate of drug-likeness (QED) is 0.707. The zero-order valence-corrected chi connectivity index (χ0v) is 9.08. The predicted octanol–water partition coefficient (Wildman–Crippen LogP) is 0.0712. The second-order valence-corrected chi connectivity index (χ2v) is 3.16. The van der Waals surface area contributed by atoms with E-state index < -0.39 is 25.2 Å². The lowest BCUT2D eigenvalue weighted by atomic mass is 10.2. The summed E-state index contributed by atoms with van der Waals surface area (Å²) in [7, 11) is 0. The SMILES string of the molecule is O=[C]c1cc(OCC(=O)O)cc(OCC(=O)O)c1. The van der Waals surface area contributed by atoms with Crippen LogP contribution in [-0.4, -0.2) is 41.7 Å². The number of rotatable bonds is 7. The second kappa shape index (κ2) is 6.24. The fourth-order valence-electron chi connectivity index (χ4n) is 1.09. The number of carbonyl (C=O) groups excluding carboxylic acids is 1. The van der Waals surface area contributed by atoms with Crippen molar-refractivity contribution in [2.24, 2.45) is 0 Å². The van der Waals surface area contributed by atoms with E-state index in [0.29, 0.717) is 0 Å². The molecule has 0 heterocycles. The van der Waals surface area contributed by atoms with Gasteiger partial charge in [0.05, 0.1) is 0 Å². The highest BCUT2D eigenvalue weighted by Crippen LogP contribution is 2.22. The Morgan fingerprint density at radius 3 is 1.78 bits per heavy atom. The van der Waals surface area contributed by atoms with Crippen LogP contribution in [0.2, 0.25) is 0 Å². The van der Waals surface area contributed by atoms with E-state index in [1.807, 2.05) is 0 Å². The summed E-state index contributed by atoms with van der Waals surface area (Å²) < 4.78 is 9.70. The van der Waals surface area contributed by atoms with Crippen LogP contribution in [0.15, 0.2) is 18.2 Å². The molecule has 0 spiro atoms. The molecular weight excluding hydrogens is 244 g/mol. The Kier molecular flexibility index (Phi) is 4.67. The van der Waals surface area contributed by atoms with Crippen molar-refractivity contribution in [2.75, 3.05) is 13.2 Å². The Balaban J connectivity index is 2.83. The second-order valence-electron chi connectivity index (χ2n) is 3.16. The van der Waals surface area contributed by atoms with Crippen LogP contribution in [0.3, 0.4) is 0 Å². The van der Waals surface area contributed by atoms with Crippen LogP contribution in [0.5, 0.6) is 11.5 Å². The monoisotopic (exact) mass is 253 g/mol. The first kappa shape index (κ1) is 13.5. The number of aliphatic carboxylic acids is 2. The van der Waals surface area contributed by atoms with E-state index in [1.165, 1.54) is 18.2 Å². The maximum absolute atomic E-state index is 10.5. The maximum Gasteiger partial charge on any atom is 0.341 e. The molecule has 0 aliphatic rings. The highest BCUT2D eigenvalue weighted by atomic mass is 16.5. The molecule has 0 bridgehead atoms. The van der Waals surface area contributed by atoms with Crippen molar-refractivity contribution in [2.45, 2.75) is 0 Å². The third-order valence-electron chi connectivity index (χ3n) is 1.72. The molecule has 7 nitrogen and oxygen atoms in total. The normalized spacial score (nSPS) is 9.56. The minimum Gasteiger partial charge on any atom is -0.482 e. The molecule has 0 fully saturated rings. The largest absolute Gasteiger partial charge is 0.482 e. The van der Waals surface area contributed by atoms with Crippen LogP contribution in [0, 0.1) is 0 Å². The van der Waals surface area contributed by atoms with Crippen molar-refractivity contribution in [3.05, 3.63) is 23.8 Å². The molecule has 0 amide bonds. The molecule has 1 aromatic carbocycles. The summed E-state index contributed by atoms with van der Waals surface area (Å²) in [6.45, 7) is -1.17. The lowest BCUT2D eigenvalue weighted by molar-refractivity contribution is -0.140. The first-order valence-corrected chi connectivity index (χ1v) is 4.73. The Morgan fingerprint density at radius 1 is 1.00 bits per heavy atom. The van der Waals surface area contributed by atoms with E-state index >= 15 is 0 Å². The van der Waals surface area contributed by atoms with E-state index in [1.54, 1.807) is 6.29 Å². The number of carbonyl (C=O) groups is 2. The van der Waals surface area contributed by atoms with Crippen molar-refractivity contribution < 1.29 is 34.1 Å². The highest BCUT2D eigenvalue weighted by molar-refractivity contribution is 5.77. The van der Waals surface area contributed by atoms with Gasteiger partial charge < -0.3 is 19.7 Å². The summed E-state index contributed by atoms with van der Waals surface area (Å²) in [5.41, 5.74) is 0.0678. The van der Waals surface area contributed by atoms with Gasteiger partial charge in [-0.05, 0) is 12.1 Å². The number of hydrogen-bond acceptors (Lipinski definition) is 5. The molecule has 0 atom stereocenters. The number of carboxylic acids is 2. The lowest BCUT2D eigenvalue weighted by Gasteiger charge is -2.08. The number of benzene rings is 1. The zero-order valence-electron chi connectivity index (χ0n) is 9.08. The molecule has 0 aliphatic carbocycles. The van der Waals surface area contributed by atoms with Gasteiger partial charge in [0.15, 0.2) is 13.2 Å². The van der Waals surface area contributed by atoms with Gasteiger partial charge >= 0.3 is 11.9 Å². The Bertz CT molecular complexity index is 430. The van der Waals surface area contributed by atoms with Crippen LogP contribution >= 0.6 is 0 Å².